The van der Waals surface area contributed by atoms with Crippen LogP contribution in [-0.4, -0.2) is 56.3 Å². The van der Waals surface area contributed by atoms with Crippen LogP contribution >= 0.6 is 0 Å². The van der Waals surface area contributed by atoms with Gasteiger partial charge in [0.2, 0.25) is 0 Å². The first-order valence-corrected chi connectivity index (χ1v) is 13.1. The van der Waals surface area contributed by atoms with Crippen molar-refractivity contribution in [1.82, 2.24) is 14.9 Å². The van der Waals surface area contributed by atoms with Crippen LogP contribution in [0.5, 0.6) is 5.75 Å². The van der Waals surface area contributed by atoms with Gasteiger partial charge in [0.1, 0.15) is 18.2 Å². The molecule has 1 aromatic heterocycles. The molecule has 1 unspecified atom stereocenters. The molecule has 0 amide bonds. The van der Waals surface area contributed by atoms with Crippen LogP contribution in [0.1, 0.15) is 41.3 Å². The van der Waals surface area contributed by atoms with Gasteiger partial charge in [0.25, 0.3) is 0 Å². The molecular formula is C29H28F7N3O5. The molecule has 0 fully saturated rings. The van der Waals surface area contributed by atoms with Gasteiger partial charge < -0.3 is 14.9 Å². The van der Waals surface area contributed by atoms with Crippen LogP contribution in [0.4, 0.5) is 30.7 Å². The molecule has 0 spiro atoms. The Hall–Kier alpha value is -4.27. The van der Waals surface area contributed by atoms with E-state index in [0.29, 0.717) is 25.1 Å². The lowest BCUT2D eigenvalue weighted by atomic mass is 10.0. The molecule has 0 aliphatic carbocycles. The smallest absolute Gasteiger partial charge is 0.489 e. The van der Waals surface area contributed by atoms with E-state index >= 15 is 0 Å². The summed E-state index contributed by atoms with van der Waals surface area (Å²) < 4.78 is 91.7. The Morgan fingerprint density at radius 2 is 1.77 bits per heavy atom. The quantitative estimate of drug-likeness (QED) is 0.279. The Bertz CT molecular complexity index is 1500. The predicted molar refractivity (Wildman–Crippen MR) is 142 cm³/mol. The number of halogens is 7. The molecule has 238 valence electrons. The van der Waals surface area contributed by atoms with Crippen LogP contribution in [0.3, 0.4) is 0 Å². The lowest BCUT2D eigenvalue weighted by molar-refractivity contribution is -0.192. The van der Waals surface area contributed by atoms with E-state index < -0.39 is 35.7 Å². The number of benzene rings is 2. The summed E-state index contributed by atoms with van der Waals surface area (Å²) in [6.07, 6.45) is -7.12. The zero-order valence-corrected chi connectivity index (χ0v) is 23.5. The number of carbonyl (C=O) groups is 2. The predicted octanol–water partition coefficient (Wildman–Crippen LogP) is 6.29. The fourth-order valence-electron chi connectivity index (χ4n) is 4.54. The summed E-state index contributed by atoms with van der Waals surface area (Å²) in [6.45, 7) is 5.13. The average molecular weight is 632 g/mol. The molecule has 2 heterocycles. The number of fused-ring (bicyclic) bond motifs is 1. The molecule has 1 aliphatic heterocycles. The molecule has 0 radical (unpaired) electrons. The van der Waals surface area contributed by atoms with Crippen LogP contribution in [-0.2, 0) is 35.3 Å². The number of hydrogen-bond donors (Lipinski definition) is 2. The van der Waals surface area contributed by atoms with Gasteiger partial charge in [0, 0.05) is 50.3 Å². The first-order chi connectivity index (χ1) is 20.5. The lowest BCUT2D eigenvalue weighted by Gasteiger charge is -2.29. The first kappa shape index (κ1) is 34.2. The van der Waals surface area contributed by atoms with Gasteiger partial charge in [-0.25, -0.2) is 19.2 Å². The minimum Gasteiger partial charge on any atom is -0.489 e. The number of aliphatic carboxylic acids is 2. The number of nitrogens with zero attached hydrogens (tertiary/aromatic N) is 3. The summed E-state index contributed by atoms with van der Waals surface area (Å²) in [5, 5.41) is 16.1. The second kappa shape index (κ2) is 14.0. The van der Waals surface area contributed by atoms with Crippen molar-refractivity contribution in [1.29, 1.82) is 0 Å². The van der Waals surface area contributed by atoms with Gasteiger partial charge in [-0.15, -0.1) is 0 Å². The summed E-state index contributed by atoms with van der Waals surface area (Å²) in [5.74, 6) is -3.73. The van der Waals surface area contributed by atoms with Gasteiger partial charge in [-0.3, -0.25) is 9.69 Å². The van der Waals surface area contributed by atoms with Crippen molar-refractivity contribution in [3.63, 3.8) is 0 Å². The highest BCUT2D eigenvalue weighted by Gasteiger charge is 2.38. The number of ether oxygens (including phenoxy) is 1. The van der Waals surface area contributed by atoms with Crippen LogP contribution in [0.25, 0.3) is 11.4 Å². The van der Waals surface area contributed by atoms with E-state index in [9.17, 15) is 35.5 Å². The lowest BCUT2D eigenvalue weighted by Crippen LogP contribution is -2.35. The third-order valence-electron chi connectivity index (χ3n) is 6.68. The molecule has 4 rings (SSSR count). The van der Waals surface area contributed by atoms with Crippen molar-refractivity contribution < 1.29 is 55.3 Å². The first-order valence-electron chi connectivity index (χ1n) is 13.1. The standard InChI is InChI=1S/C27H27F4N3O3.C2HF3O2/c1-16(10-25(35)36)13-34-9-8-24-19(14-34)12-32-26(33-24)21-7-6-20(11-23(21)28)37-15-18-4-3-5-22(17(18)2)27(29,30)31;3-2(4,5)1(6)7/h3-7,11-12,16H,8-10,13-15H2,1-2H3,(H,35,36);(H,6,7). The highest BCUT2D eigenvalue weighted by atomic mass is 19.4. The van der Waals surface area contributed by atoms with Crippen molar-refractivity contribution in [2.45, 2.75) is 52.2 Å². The van der Waals surface area contributed by atoms with Crippen LogP contribution in [0.2, 0.25) is 0 Å². The Labute approximate surface area is 247 Å². The van der Waals surface area contributed by atoms with E-state index in [0.717, 1.165) is 23.9 Å². The monoisotopic (exact) mass is 631 g/mol. The molecule has 0 saturated carbocycles. The van der Waals surface area contributed by atoms with E-state index in [2.05, 4.69) is 14.9 Å². The van der Waals surface area contributed by atoms with E-state index in [1.54, 1.807) is 12.3 Å². The maximum Gasteiger partial charge on any atom is 0.490 e. The summed E-state index contributed by atoms with van der Waals surface area (Å²) >= 11 is 0. The number of rotatable bonds is 8. The topological polar surface area (TPSA) is 113 Å². The van der Waals surface area contributed by atoms with Gasteiger partial charge in [-0.05, 0) is 42.2 Å². The van der Waals surface area contributed by atoms with Crippen LogP contribution < -0.4 is 4.74 Å². The van der Waals surface area contributed by atoms with E-state index in [-0.39, 0.29) is 41.6 Å². The molecule has 1 atom stereocenters. The minimum atomic E-state index is -5.08. The van der Waals surface area contributed by atoms with Crippen molar-refractivity contribution in [3.05, 3.63) is 76.4 Å². The van der Waals surface area contributed by atoms with Gasteiger partial charge in [-0.2, -0.15) is 26.3 Å². The van der Waals surface area contributed by atoms with Crippen LogP contribution in [0.15, 0.2) is 42.6 Å². The molecule has 0 saturated heterocycles. The molecule has 3 aromatic rings. The van der Waals surface area contributed by atoms with Crippen molar-refractivity contribution in [2.24, 2.45) is 5.92 Å². The Morgan fingerprint density at radius 3 is 2.36 bits per heavy atom. The molecule has 2 aromatic carbocycles. The molecule has 15 heteroatoms. The summed E-state index contributed by atoms with van der Waals surface area (Å²) in [5.41, 5.74) is 1.66. The number of carboxylic acids is 2. The van der Waals surface area contributed by atoms with Gasteiger partial charge in [0.05, 0.1) is 16.8 Å². The maximum atomic E-state index is 14.9. The minimum absolute atomic E-state index is 0.0200. The third-order valence-corrected chi connectivity index (χ3v) is 6.68. The second-order valence-electron chi connectivity index (χ2n) is 10.2. The summed E-state index contributed by atoms with van der Waals surface area (Å²) in [4.78, 5) is 30.9. The van der Waals surface area contributed by atoms with Gasteiger partial charge >= 0.3 is 24.3 Å². The largest absolute Gasteiger partial charge is 0.490 e. The molecular weight excluding hydrogens is 603 g/mol. The van der Waals surface area contributed by atoms with E-state index in [1.165, 1.54) is 31.2 Å². The van der Waals surface area contributed by atoms with Crippen LogP contribution in [0, 0.1) is 18.7 Å². The number of alkyl halides is 6. The van der Waals surface area contributed by atoms with E-state index in [4.69, 9.17) is 19.7 Å². The highest BCUT2D eigenvalue weighted by molar-refractivity contribution is 5.73. The SMILES string of the molecule is Cc1c(COc2ccc(-c3ncc4c(n3)CCN(CC(C)CC(=O)O)C4)c(F)c2)cccc1C(F)(F)F.O=C(O)C(F)(F)F. The van der Waals surface area contributed by atoms with Crippen molar-refractivity contribution in [3.8, 4) is 17.1 Å². The van der Waals surface area contributed by atoms with Gasteiger partial charge in [0.15, 0.2) is 5.82 Å². The molecule has 0 bridgehead atoms. The summed E-state index contributed by atoms with van der Waals surface area (Å²) in [6, 6.07) is 8.09. The number of hydrogen-bond acceptors (Lipinski definition) is 6. The normalized spacial score (nSPS) is 14.2. The third kappa shape index (κ3) is 9.36. The molecule has 44 heavy (non-hydrogen) atoms. The summed E-state index contributed by atoms with van der Waals surface area (Å²) in [7, 11) is 0. The van der Waals surface area contributed by atoms with Crippen molar-refractivity contribution in [2.75, 3.05) is 13.1 Å². The fourth-order valence-corrected chi connectivity index (χ4v) is 4.54. The molecule has 8 nitrogen and oxygen atoms in total. The second-order valence-corrected chi connectivity index (χ2v) is 10.2. The van der Waals surface area contributed by atoms with E-state index in [1.807, 2.05) is 6.92 Å². The molecule has 2 N–H and O–H groups in total. The Balaban J connectivity index is 0.000000676. The Morgan fingerprint density at radius 1 is 1.09 bits per heavy atom. The van der Waals surface area contributed by atoms with Crippen molar-refractivity contribution >= 4 is 11.9 Å². The Kier molecular flexibility index (Phi) is 10.9. The fraction of sp³-hybridized carbons (Fsp3) is 0.379. The zero-order valence-electron chi connectivity index (χ0n) is 23.5. The maximum absolute atomic E-state index is 14.9. The zero-order chi connectivity index (χ0) is 32.8. The van der Waals surface area contributed by atoms with Gasteiger partial charge in [-0.1, -0.05) is 19.1 Å². The highest BCUT2D eigenvalue weighted by Crippen LogP contribution is 2.33. The number of carboxylic acid groups (broad SMARTS) is 2. The molecule has 1 aliphatic rings. The number of aromatic nitrogens is 2. The average Bonchev–Trinajstić information content (AvgIpc) is 2.91.